The number of amides is 1. The third kappa shape index (κ3) is 4.57. The van der Waals surface area contributed by atoms with Gasteiger partial charge in [-0.2, -0.15) is 5.26 Å². The van der Waals surface area contributed by atoms with Gasteiger partial charge in [0.1, 0.15) is 23.4 Å². The third-order valence-electron chi connectivity index (χ3n) is 5.63. The zero-order valence-electron chi connectivity index (χ0n) is 17.7. The highest BCUT2D eigenvalue weighted by Gasteiger charge is 2.37. The van der Waals surface area contributed by atoms with Crippen LogP contribution in [0.5, 0.6) is 11.5 Å². The molecule has 0 unspecified atom stereocenters. The molecule has 6 heteroatoms. The quantitative estimate of drug-likeness (QED) is 0.518. The van der Waals surface area contributed by atoms with Gasteiger partial charge in [0, 0.05) is 13.0 Å². The van der Waals surface area contributed by atoms with Crippen LogP contribution in [0.4, 0.5) is 4.39 Å². The Morgan fingerprint density at radius 1 is 0.938 bits per heavy atom. The van der Waals surface area contributed by atoms with E-state index in [9.17, 15) is 9.18 Å². The number of benzene rings is 3. The van der Waals surface area contributed by atoms with Gasteiger partial charge in [-0.1, -0.05) is 24.3 Å². The van der Waals surface area contributed by atoms with E-state index in [4.69, 9.17) is 14.7 Å². The molecule has 0 saturated carbocycles. The van der Waals surface area contributed by atoms with E-state index in [0.717, 1.165) is 17.5 Å². The fraction of sp³-hybridized carbons (Fsp3) is 0.231. The van der Waals surface area contributed by atoms with Crippen LogP contribution in [0.2, 0.25) is 0 Å². The molecule has 162 valence electrons. The van der Waals surface area contributed by atoms with Crippen molar-refractivity contribution >= 4 is 5.91 Å². The maximum atomic E-state index is 13.7. The lowest BCUT2D eigenvalue weighted by atomic mass is 9.94. The molecule has 0 spiro atoms. The Bertz CT molecular complexity index is 1110. The topological polar surface area (TPSA) is 62.6 Å². The SMILES string of the molecule is COc1ccc([C@H](Oc2ccc(C#N)cc2)[C@@H](c2ccc(F)cc2)N2CCCC2=O)cc1. The molecule has 2 atom stereocenters. The second kappa shape index (κ2) is 9.52. The Kier molecular flexibility index (Phi) is 6.37. The summed E-state index contributed by atoms with van der Waals surface area (Å²) >= 11 is 0. The van der Waals surface area contributed by atoms with Crippen molar-refractivity contribution in [2.45, 2.75) is 25.0 Å². The minimum atomic E-state index is -0.554. The van der Waals surface area contributed by atoms with Crippen LogP contribution in [0.25, 0.3) is 0 Å². The van der Waals surface area contributed by atoms with E-state index in [1.165, 1.54) is 12.1 Å². The van der Waals surface area contributed by atoms with Gasteiger partial charge in [-0.15, -0.1) is 0 Å². The van der Waals surface area contributed by atoms with Gasteiger partial charge < -0.3 is 14.4 Å². The zero-order chi connectivity index (χ0) is 22.5. The van der Waals surface area contributed by atoms with Crippen molar-refractivity contribution < 1.29 is 18.7 Å². The lowest BCUT2D eigenvalue weighted by Gasteiger charge is -2.35. The smallest absolute Gasteiger partial charge is 0.223 e. The van der Waals surface area contributed by atoms with Gasteiger partial charge in [0.15, 0.2) is 0 Å². The van der Waals surface area contributed by atoms with Crippen molar-refractivity contribution in [3.05, 3.63) is 95.3 Å². The van der Waals surface area contributed by atoms with Gasteiger partial charge in [0.05, 0.1) is 24.8 Å². The van der Waals surface area contributed by atoms with Crippen molar-refractivity contribution in [2.24, 2.45) is 0 Å². The predicted molar refractivity (Wildman–Crippen MR) is 118 cm³/mol. The lowest BCUT2D eigenvalue weighted by Crippen LogP contribution is -2.36. The average Bonchev–Trinajstić information content (AvgIpc) is 3.25. The monoisotopic (exact) mass is 430 g/mol. The minimum absolute atomic E-state index is 0.0428. The van der Waals surface area contributed by atoms with E-state index >= 15 is 0 Å². The number of carbonyl (C=O) groups excluding carboxylic acids is 1. The molecule has 0 aliphatic carbocycles. The van der Waals surface area contributed by atoms with Crippen molar-refractivity contribution in [1.29, 1.82) is 5.26 Å². The van der Waals surface area contributed by atoms with Gasteiger partial charge in [-0.25, -0.2) is 4.39 Å². The van der Waals surface area contributed by atoms with E-state index in [1.54, 1.807) is 43.5 Å². The summed E-state index contributed by atoms with van der Waals surface area (Å²) in [6.07, 6.45) is 0.688. The van der Waals surface area contributed by atoms with Crippen LogP contribution < -0.4 is 9.47 Å². The summed E-state index contributed by atoms with van der Waals surface area (Å²) in [5, 5.41) is 9.09. The number of hydrogen-bond donors (Lipinski definition) is 0. The summed E-state index contributed by atoms with van der Waals surface area (Å²) in [6, 6.07) is 22.2. The Labute approximate surface area is 186 Å². The molecule has 0 bridgehead atoms. The summed E-state index contributed by atoms with van der Waals surface area (Å²) in [6.45, 7) is 0.601. The number of hydrogen-bond acceptors (Lipinski definition) is 4. The highest BCUT2D eigenvalue weighted by atomic mass is 19.1. The van der Waals surface area contributed by atoms with E-state index < -0.39 is 12.1 Å². The predicted octanol–water partition coefficient (Wildman–Crippen LogP) is 5.19. The minimum Gasteiger partial charge on any atom is -0.497 e. The number of carbonyl (C=O) groups is 1. The molecule has 1 fully saturated rings. The van der Waals surface area contributed by atoms with Crippen LogP contribution in [0.3, 0.4) is 0 Å². The molecule has 0 radical (unpaired) electrons. The van der Waals surface area contributed by atoms with Gasteiger partial charge in [0.25, 0.3) is 0 Å². The van der Waals surface area contributed by atoms with E-state index in [2.05, 4.69) is 6.07 Å². The molecule has 1 amide bonds. The summed E-state index contributed by atoms with van der Waals surface area (Å²) in [7, 11) is 1.60. The van der Waals surface area contributed by atoms with Crippen molar-refractivity contribution in [2.75, 3.05) is 13.7 Å². The summed E-state index contributed by atoms with van der Waals surface area (Å²) in [5.41, 5.74) is 2.17. The molecule has 0 aromatic heterocycles. The number of ether oxygens (including phenoxy) is 2. The van der Waals surface area contributed by atoms with E-state index in [0.29, 0.717) is 30.0 Å². The van der Waals surface area contributed by atoms with E-state index in [1.807, 2.05) is 29.2 Å². The Hall–Kier alpha value is -3.85. The van der Waals surface area contributed by atoms with Crippen molar-refractivity contribution in [1.82, 2.24) is 4.90 Å². The first-order valence-corrected chi connectivity index (χ1v) is 10.4. The normalized spacial score (nSPS) is 15.2. The highest BCUT2D eigenvalue weighted by molar-refractivity contribution is 5.78. The molecule has 3 aromatic carbocycles. The Morgan fingerprint density at radius 3 is 2.12 bits per heavy atom. The van der Waals surface area contributed by atoms with Gasteiger partial charge in [-0.05, 0) is 66.1 Å². The fourth-order valence-electron chi connectivity index (χ4n) is 4.00. The largest absolute Gasteiger partial charge is 0.497 e. The lowest BCUT2D eigenvalue weighted by molar-refractivity contribution is -0.131. The Balaban J connectivity index is 1.79. The van der Waals surface area contributed by atoms with Crippen molar-refractivity contribution in [3.8, 4) is 17.6 Å². The highest BCUT2D eigenvalue weighted by Crippen LogP contribution is 2.40. The van der Waals surface area contributed by atoms with Crippen molar-refractivity contribution in [3.63, 3.8) is 0 Å². The molecule has 5 nitrogen and oxygen atoms in total. The molecule has 1 aliphatic rings. The van der Waals surface area contributed by atoms with Gasteiger partial charge in [-0.3, -0.25) is 4.79 Å². The molecule has 1 saturated heterocycles. The standard InChI is InChI=1S/C26H23FN2O3/c1-31-22-14-8-20(9-15-22)26(32-23-12-4-18(17-28)5-13-23)25(29-16-2-3-24(29)30)19-6-10-21(27)11-7-19/h4-15,25-26H,2-3,16H2,1H3/t25-,26+/m1/s1. The maximum Gasteiger partial charge on any atom is 0.223 e. The molecule has 4 rings (SSSR count). The third-order valence-corrected chi connectivity index (χ3v) is 5.63. The summed E-state index contributed by atoms with van der Waals surface area (Å²) < 4.78 is 25.4. The zero-order valence-corrected chi connectivity index (χ0v) is 17.7. The van der Waals surface area contributed by atoms with Crippen LogP contribution in [-0.4, -0.2) is 24.5 Å². The fourth-order valence-corrected chi connectivity index (χ4v) is 4.00. The van der Waals surface area contributed by atoms with E-state index in [-0.39, 0.29) is 11.7 Å². The first-order chi connectivity index (χ1) is 15.6. The summed E-state index contributed by atoms with van der Waals surface area (Å²) in [4.78, 5) is 14.6. The number of nitriles is 1. The average molecular weight is 430 g/mol. The van der Waals surface area contributed by atoms with Crippen LogP contribution in [-0.2, 0) is 4.79 Å². The van der Waals surface area contributed by atoms with Crippen LogP contribution in [0.1, 0.15) is 41.7 Å². The van der Waals surface area contributed by atoms with Crippen LogP contribution >= 0.6 is 0 Å². The van der Waals surface area contributed by atoms with Gasteiger partial charge in [0.2, 0.25) is 5.91 Å². The molecule has 1 heterocycles. The first kappa shape index (κ1) is 21.4. The number of nitrogens with zero attached hydrogens (tertiary/aromatic N) is 2. The molecule has 32 heavy (non-hydrogen) atoms. The van der Waals surface area contributed by atoms with Crippen LogP contribution in [0, 0.1) is 17.1 Å². The number of likely N-dealkylation sites (tertiary alicyclic amines) is 1. The number of halogens is 1. The first-order valence-electron chi connectivity index (χ1n) is 10.4. The van der Waals surface area contributed by atoms with Crippen LogP contribution in [0.15, 0.2) is 72.8 Å². The number of methoxy groups -OCH3 is 1. The molecule has 3 aromatic rings. The second-order valence-corrected chi connectivity index (χ2v) is 7.63. The maximum absolute atomic E-state index is 13.7. The molecular formula is C26H23FN2O3. The number of rotatable bonds is 7. The Morgan fingerprint density at radius 2 is 1.56 bits per heavy atom. The molecule has 0 N–H and O–H groups in total. The molecule has 1 aliphatic heterocycles. The second-order valence-electron chi connectivity index (χ2n) is 7.63. The molecular weight excluding hydrogens is 407 g/mol. The summed E-state index contributed by atoms with van der Waals surface area (Å²) in [5.74, 6) is 0.987. The van der Waals surface area contributed by atoms with Gasteiger partial charge >= 0.3 is 0 Å².